The Labute approximate surface area is 204 Å². The topological polar surface area (TPSA) is 124 Å². The normalized spacial score (nSPS) is 10.8. The molecular weight excluding hydrogens is 476 g/mol. The Morgan fingerprint density at radius 2 is 1.94 bits per heavy atom. The first-order valence-corrected chi connectivity index (χ1v) is 11.9. The van der Waals surface area contributed by atoms with Gasteiger partial charge in [-0.15, -0.1) is 22.7 Å². The summed E-state index contributed by atoms with van der Waals surface area (Å²) in [4.78, 5) is 33.7. The number of carboxylic acid groups (broad SMARTS) is 1. The van der Waals surface area contributed by atoms with Crippen molar-refractivity contribution >= 4 is 51.0 Å². The summed E-state index contributed by atoms with van der Waals surface area (Å²) >= 11 is 3.13. The fraction of sp³-hybridized carbons (Fsp3) is 0.261. The van der Waals surface area contributed by atoms with E-state index in [-0.39, 0.29) is 17.8 Å². The molecule has 0 saturated carbocycles. The summed E-state index contributed by atoms with van der Waals surface area (Å²) in [7, 11) is 0. The first kappa shape index (κ1) is 25.1. The van der Waals surface area contributed by atoms with Gasteiger partial charge in [0.2, 0.25) is 11.8 Å². The molecule has 0 bridgehead atoms. The average molecular weight is 501 g/mol. The van der Waals surface area contributed by atoms with Crippen LogP contribution in [0, 0.1) is 5.41 Å². The lowest BCUT2D eigenvalue weighted by Crippen LogP contribution is -2.29. The zero-order chi connectivity index (χ0) is 24.6. The molecule has 2 N–H and O–H groups in total. The molecule has 0 atom stereocenters. The minimum absolute atomic E-state index is 0.118. The van der Waals surface area contributed by atoms with Gasteiger partial charge in [0.25, 0.3) is 6.47 Å². The first-order valence-electron chi connectivity index (χ1n) is 10.2. The molecule has 3 heterocycles. The molecule has 4 rings (SSSR count). The van der Waals surface area contributed by atoms with E-state index in [2.05, 4.69) is 34.1 Å². The molecule has 0 aliphatic heterocycles. The number of amides is 1. The largest absolute Gasteiger partial charge is 0.493 e. The van der Waals surface area contributed by atoms with Crippen LogP contribution in [-0.2, 0) is 9.59 Å². The smallest absolute Gasteiger partial charge is 0.290 e. The summed E-state index contributed by atoms with van der Waals surface area (Å²) < 4.78 is 12.1. The molecule has 11 heteroatoms. The van der Waals surface area contributed by atoms with E-state index in [1.165, 1.54) is 13.3 Å². The van der Waals surface area contributed by atoms with Crippen molar-refractivity contribution in [2.24, 2.45) is 5.41 Å². The van der Waals surface area contributed by atoms with E-state index in [1.807, 2.05) is 29.0 Å². The Balaban J connectivity index is 0.00000103. The zero-order valence-electron chi connectivity index (χ0n) is 18.8. The van der Waals surface area contributed by atoms with Gasteiger partial charge in [0.15, 0.2) is 0 Å². The van der Waals surface area contributed by atoms with Gasteiger partial charge in [0.05, 0.1) is 18.6 Å². The van der Waals surface area contributed by atoms with Crippen molar-refractivity contribution in [2.75, 3.05) is 18.5 Å². The van der Waals surface area contributed by atoms with Crippen molar-refractivity contribution < 1.29 is 24.2 Å². The lowest BCUT2D eigenvalue weighted by Gasteiger charge is -2.25. The summed E-state index contributed by atoms with van der Waals surface area (Å²) in [5.41, 5.74) is 1.42. The van der Waals surface area contributed by atoms with Crippen molar-refractivity contribution in [1.29, 1.82) is 0 Å². The summed E-state index contributed by atoms with van der Waals surface area (Å²) in [5, 5.41) is 15.5. The Hall–Kier alpha value is -3.57. The molecule has 9 nitrogen and oxygen atoms in total. The third kappa shape index (κ3) is 6.72. The van der Waals surface area contributed by atoms with Gasteiger partial charge < -0.3 is 19.9 Å². The molecule has 0 aliphatic rings. The predicted molar refractivity (Wildman–Crippen MR) is 133 cm³/mol. The first-order chi connectivity index (χ1) is 16.3. The van der Waals surface area contributed by atoms with Crippen LogP contribution >= 0.6 is 22.7 Å². The van der Waals surface area contributed by atoms with Crippen LogP contribution in [0.1, 0.15) is 20.8 Å². The summed E-state index contributed by atoms with van der Waals surface area (Å²) in [6, 6.07) is 7.34. The third-order valence-corrected chi connectivity index (χ3v) is 6.07. The molecule has 3 aromatic heterocycles. The third-order valence-electron chi connectivity index (χ3n) is 4.38. The number of aromatic nitrogens is 3. The Kier molecular flexibility index (Phi) is 8.50. The van der Waals surface area contributed by atoms with Crippen LogP contribution in [0.15, 0.2) is 47.5 Å². The zero-order valence-corrected chi connectivity index (χ0v) is 20.5. The van der Waals surface area contributed by atoms with Gasteiger partial charge in [0, 0.05) is 46.6 Å². The number of carbonyl (C=O) groups is 2. The molecule has 0 radical (unpaired) electrons. The van der Waals surface area contributed by atoms with Crippen molar-refractivity contribution in [3.8, 4) is 22.2 Å². The number of carbonyl (C=O) groups excluding carboxylic acids is 1. The monoisotopic (exact) mass is 500 g/mol. The van der Waals surface area contributed by atoms with Crippen LogP contribution < -0.4 is 14.8 Å². The van der Waals surface area contributed by atoms with Gasteiger partial charge in [-0.05, 0) is 12.1 Å². The van der Waals surface area contributed by atoms with E-state index in [4.69, 9.17) is 19.4 Å². The molecule has 1 amide bonds. The Morgan fingerprint density at radius 3 is 2.65 bits per heavy atom. The molecule has 1 aromatic carbocycles. The number of nitrogens with zero attached hydrogens (tertiary/aromatic N) is 3. The van der Waals surface area contributed by atoms with Crippen LogP contribution in [0.25, 0.3) is 20.8 Å². The minimum Gasteiger partial charge on any atom is -0.493 e. The summed E-state index contributed by atoms with van der Waals surface area (Å²) in [5.74, 6) is 1.12. The highest BCUT2D eigenvalue weighted by Crippen LogP contribution is 2.38. The number of nitrogens with one attached hydrogen (secondary N) is 1. The highest BCUT2D eigenvalue weighted by Gasteiger charge is 2.23. The highest BCUT2D eigenvalue weighted by atomic mass is 32.1. The van der Waals surface area contributed by atoms with Gasteiger partial charge in [-0.25, -0.2) is 15.0 Å². The van der Waals surface area contributed by atoms with Crippen molar-refractivity contribution in [3.63, 3.8) is 0 Å². The van der Waals surface area contributed by atoms with Crippen LogP contribution in [0.5, 0.6) is 11.6 Å². The minimum atomic E-state index is -0.279. The standard InChI is InChI=1S/C22H22N4O3S2.CH2O2/c1-14(27)26-15-5-4-6-16(9-15)28-11-22(2,3)12-29-19-18-17(20-23-7-8-30-20)10-31-21(18)25-13-24-19;2-1-3/h4-10,13H,11-12H2,1-3H3,(H,26,27);1H,(H,2,3). The van der Waals surface area contributed by atoms with Crippen molar-refractivity contribution in [3.05, 3.63) is 47.5 Å². The van der Waals surface area contributed by atoms with Crippen LogP contribution in [0.4, 0.5) is 5.69 Å². The van der Waals surface area contributed by atoms with E-state index in [9.17, 15) is 4.79 Å². The van der Waals surface area contributed by atoms with Crippen LogP contribution in [0.3, 0.4) is 0 Å². The fourth-order valence-electron chi connectivity index (χ4n) is 2.92. The number of hydrogen-bond acceptors (Lipinski definition) is 9. The van der Waals surface area contributed by atoms with E-state index < -0.39 is 0 Å². The summed E-state index contributed by atoms with van der Waals surface area (Å²) in [6.45, 7) is 6.22. The second kappa shape index (κ2) is 11.5. The lowest BCUT2D eigenvalue weighted by atomic mass is 9.96. The maximum absolute atomic E-state index is 11.3. The van der Waals surface area contributed by atoms with Gasteiger partial charge in [-0.3, -0.25) is 9.59 Å². The van der Waals surface area contributed by atoms with E-state index in [0.717, 1.165) is 20.8 Å². The molecule has 4 aromatic rings. The molecule has 34 heavy (non-hydrogen) atoms. The van der Waals surface area contributed by atoms with Crippen molar-refractivity contribution in [2.45, 2.75) is 20.8 Å². The summed E-state index contributed by atoms with van der Waals surface area (Å²) in [6.07, 6.45) is 3.31. The average Bonchev–Trinajstić information content (AvgIpc) is 3.47. The van der Waals surface area contributed by atoms with E-state index in [0.29, 0.717) is 30.5 Å². The number of thiophene rings is 1. The van der Waals surface area contributed by atoms with Gasteiger partial charge in [-0.2, -0.15) is 0 Å². The SMILES string of the molecule is CC(=O)Nc1cccc(OCC(C)(C)COc2ncnc3scc(-c4nccs4)c23)c1.O=CO. The predicted octanol–water partition coefficient (Wildman–Crippen LogP) is 4.96. The number of benzene rings is 1. The molecule has 0 fully saturated rings. The lowest BCUT2D eigenvalue weighted by molar-refractivity contribution is -0.123. The maximum Gasteiger partial charge on any atom is 0.290 e. The number of thiazole rings is 1. The molecular formula is C23H24N4O5S2. The van der Waals surface area contributed by atoms with Crippen molar-refractivity contribution in [1.82, 2.24) is 15.0 Å². The molecule has 0 saturated heterocycles. The fourth-order valence-corrected chi connectivity index (χ4v) is 4.54. The highest BCUT2D eigenvalue weighted by molar-refractivity contribution is 7.18. The number of fused-ring (bicyclic) bond motifs is 1. The quantitative estimate of drug-likeness (QED) is 0.326. The van der Waals surface area contributed by atoms with E-state index >= 15 is 0 Å². The van der Waals surface area contributed by atoms with Gasteiger partial charge in [-0.1, -0.05) is 19.9 Å². The second-order valence-corrected chi connectivity index (χ2v) is 9.65. The van der Waals surface area contributed by atoms with E-state index in [1.54, 1.807) is 34.9 Å². The van der Waals surface area contributed by atoms with Crippen LogP contribution in [-0.4, -0.2) is 45.7 Å². The number of hydrogen-bond donors (Lipinski definition) is 2. The molecule has 0 spiro atoms. The Bertz CT molecular complexity index is 1240. The van der Waals surface area contributed by atoms with Gasteiger partial charge >= 0.3 is 0 Å². The molecule has 178 valence electrons. The number of rotatable bonds is 8. The van der Waals surface area contributed by atoms with Gasteiger partial charge in [0.1, 0.15) is 21.9 Å². The second-order valence-electron chi connectivity index (χ2n) is 7.90. The number of ether oxygens (including phenoxy) is 2. The Morgan fingerprint density at radius 1 is 1.18 bits per heavy atom. The molecule has 0 aliphatic carbocycles. The number of anilines is 1. The molecule has 0 unspecified atom stereocenters. The van der Waals surface area contributed by atoms with Crippen LogP contribution in [0.2, 0.25) is 0 Å². The maximum atomic E-state index is 11.3.